The van der Waals surface area contributed by atoms with Gasteiger partial charge < -0.3 is 5.32 Å². The number of rotatable bonds is 3. The summed E-state index contributed by atoms with van der Waals surface area (Å²) in [5.41, 5.74) is -0.661. The Balaban J connectivity index is 2.07. The van der Waals surface area contributed by atoms with Gasteiger partial charge in [-0.1, -0.05) is 19.3 Å². The van der Waals surface area contributed by atoms with Gasteiger partial charge in [0, 0.05) is 13.0 Å². The predicted molar refractivity (Wildman–Crippen MR) is 61.4 cm³/mol. The van der Waals surface area contributed by atoms with Crippen LogP contribution in [0.1, 0.15) is 45.4 Å². The van der Waals surface area contributed by atoms with Gasteiger partial charge in [-0.3, -0.25) is 14.5 Å². The summed E-state index contributed by atoms with van der Waals surface area (Å²) < 4.78 is 0. The first-order chi connectivity index (χ1) is 8.05. The van der Waals surface area contributed by atoms with Crippen LogP contribution in [-0.2, 0) is 9.59 Å². The van der Waals surface area contributed by atoms with Gasteiger partial charge in [0.25, 0.3) is 5.91 Å². The van der Waals surface area contributed by atoms with E-state index in [0.29, 0.717) is 0 Å². The lowest BCUT2D eigenvalue weighted by Gasteiger charge is -2.30. The minimum Gasteiger partial charge on any atom is -0.323 e. The Kier molecular flexibility index (Phi) is 3.17. The van der Waals surface area contributed by atoms with Gasteiger partial charge in [-0.2, -0.15) is 0 Å². The third kappa shape index (κ3) is 2.18. The van der Waals surface area contributed by atoms with Crippen LogP contribution in [0, 0.1) is 0 Å². The molecule has 0 bridgehead atoms. The molecule has 1 saturated carbocycles. The number of Topliss-reactive ketones (excluding diaryl/α,β-unsaturated/α-hetero) is 1. The van der Waals surface area contributed by atoms with Crippen molar-refractivity contribution in [2.45, 2.75) is 51.0 Å². The largest absolute Gasteiger partial charge is 0.325 e. The van der Waals surface area contributed by atoms with Gasteiger partial charge >= 0.3 is 6.03 Å². The average molecular weight is 238 g/mol. The average Bonchev–Trinajstić information content (AvgIpc) is 2.50. The van der Waals surface area contributed by atoms with E-state index >= 15 is 0 Å². The summed E-state index contributed by atoms with van der Waals surface area (Å²) in [4.78, 5) is 36.1. The number of hydrogen-bond acceptors (Lipinski definition) is 3. The van der Waals surface area contributed by atoms with E-state index in [1.807, 2.05) is 0 Å². The number of carbonyl (C=O) groups excluding carboxylic acids is 3. The zero-order valence-corrected chi connectivity index (χ0v) is 10.1. The number of nitrogens with zero attached hydrogens (tertiary/aromatic N) is 1. The Bertz CT molecular complexity index is 359. The molecule has 1 aliphatic heterocycles. The van der Waals surface area contributed by atoms with E-state index in [1.165, 1.54) is 11.8 Å². The van der Waals surface area contributed by atoms with Gasteiger partial charge in [0.15, 0.2) is 0 Å². The molecule has 1 N–H and O–H groups in total. The van der Waals surface area contributed by atoms with Gasteiger partial charge in [0.05, 0.1) is 0 Å². The van der Waals surface area contributed by atoms with E-state index in [2.05, 4.69) is 5.32 Å². The van der Waals surface area contributed by atoms with E-state index in [1.54, 1.807) is 0 Å². The Morgan fingerprint density at radius 2 is 1.94 bits per heavy atom. The number of amides is 3. The van der Waals surface area contributed by atoms with Crippen molar-refractivity contribution in [3.8, 4) is 0 Å². The van der Waals surface area contributed by atoms with Crippen LogP contribution in [0.15, 0.2) is 0 Å². The summed E-state index contributed by atoms with van der Waals surface area (Å²) in [7, 11) is 0. The predicted octanol–water partition coefficient (Wildman–Crippen LogP) is 1.22. The number of nitrogens with one attached hydrogen (secondary N) is 1. The Hall–Kier alpha value is -1.39. The molecule has 94 valence electrons. The molecule has 0 aromatic rings. The summed E-state index contributed by atoms with van der Waals surface area (Å²) in [5, 5.41) is 2.82. The van der Waals surface area contributed by atoms with Crippen molar-refractivity contribution < 1.29 is 14.4 Å². The third-order valence-electron chi connectivity index (χ3n) is 3.64. The maximum atomic E-state index is 12.2. The fraction of sp³-hybridized carbons (Fsp3) is 0.750. The fourth-order valence-corrected chi connectivity index (χ4v) is 2.64. The quantitative estimate of drug-likeness (QED) is 0.752. The molecule has 0 radical (unpaired) electrons. The number of imide groups is 1. The van der Waals surface area contributed by atoms with E-state index in [-0.39, 0.29) is 30.7 Å². The minimum absolute atomic E-state index is 0.00445. The fourth-order valence-electron chi connectivity index (χ4n) is 2.64. The highest BCUT2D eigenvalue weighted by atomic mass is 16.2. The van der Waals surface area contributed by atoms with E-state index in [9.17, 15) is 14.4 Å². The topological polar surface area (TPSA) is 66.5 Å². The first kappa shape index (κ1) is 12.1. The molecule has 1 saturated heterocycles. The normalized spacial score (nSPS) is 23.0. The maximum absolute atomic E-state index is 12.2. The summed E-state index contributed by atoms with van der Waals surface area (Å²) in [6.45, 7) is 1.68. The van der Waals surface area contributed by atoms with Crippen molar-refractivity contribution >= 4 is 17.7 Å². The molecule has 2 aliphatic rings. The molecule has 5 nitrogen and oxygen atoms in total. The van der Waals surface area contributed by atoms with Crippen molar-refractivity contribution in [2.75, 3.05) is 6.54 Å². The van der Waals surface area contributed by atoms with Gasteiger partial charge in [-0.05, 0) is 19.8 Å². The number of ketones is 1. The lowest BCUT2D eigenvalue weighted by molar-refractivity contribution is -0.132. The third-order valence-corrected chi connectivity index (χ3v) is 3.64. The SMILES string of the molecule is CC(=O)CCN1C(=O)NC2(CCCCC2)C1=O. The zero-order valence-electron chi connectivity index (χ0n) is 10.1. The first-order valence-electron chi connectivity index (χ1n) is 6.19. The molecule has 1 heterocycles. The Morgan fingerprint density at radius 1 is 1.29 bits per heavy atom. The molecule has 1 aliphatic carbocycles. The standard InChI is InChI=1S/C12H18N2O3/c1-9(15)5-8-14-10(16)12(13-11(14)17)6-3-2-4-7-12/h2-8H2,1H3,(H,13,17). The molecule has 2 fully saturated rings. The highest BCUT2D eigenvalue weighted by Crippen LogP contribution is 2.33. The van der Waals surface area contributed by atoms with Gasteiger partial charge in [0.2, 0.25) is 0 Å². The van der Waals surface area contributed by atoms with Crippen LogP contribution < -0.4 is 5.32 Å². The van der Waals surface area contributed by atoms with Crippen LogP contribution >= 0.6 is 0 Å². The molecule has 1 spiro atoms. The zero-order chi connectivity index (χ0) is 12.5. The van der Waals surface area contributed by atoms with Crippen molar-refractivity contribution in [2.24, 2.45) is 0 Å². The molecule has 0 aromatic heterocycles. The van der Waals surface area contributed by atoms with Crippen molar-refractivity contribution in [1.82, 2.24) is 10.2 Å². The summed E-state index contributed by atoms with van der Waals surface area (Å²) in [6, 6.07) is -0.335. The number of carbonyl (C=O) groups is 3. The molecule has 5 heteroatoms. The van der Waals surface area contributed by atoms with Crippen LogP contribution in [0.2, 0.25) is 0 Å². The van der Waals surface area contributed by atoms with Gasteiger partial charge in [0.1, 0.15) is 11.3 Å². The number of urea groups is 1. The lowest BCUT2D eigenvalue weighted by atomic mass is 9.82. The van der Waals surface area contributed by atoms with E-state index < -0.39 is 5.54 Å². The lowest BCUT2D eigenvalue weighted by Crippen LogP contribution is -2.48. The summed E-state index contributed by atoms with van der Waals surface area (Å²) >= 11 is 0. The minimum atomic E-state index is -0.661. The van der Waals surface area contributed by atoms with E-state index in [4.69, 9.17) is 0 Å². The Labute approximate surface area is 101 Å². The van der Waals surface area contributed by atoms with Gasteiger partial charge in [-0.15, -0.1) is 0 Å². The molecule has 17 heavy (non-hydrogen) atoms. The van der Waals surface area contributed by atoms with Crippen LogP contribution in [0.4, 0.5) is 4.79 Å². The number of hydrogen-bond donors (Lipinski definition) is 1. The molecule has 0 atom stereocenters. The second-order valence-corrected chi connectivity index (χ2v) is 4.98. The second kappa shape index (κ2) is 4.47. The van der Waals surface area contributed by atoms with Crippen molar-refractivity contribution in [3.05, 3.63) is 0 Å². The molecule has 0 aromatic carbocycles. The summed E-state index contributed by atoms with van der Waals surface area (Å²) in [5.74, 6) is -0.140. The second-order valence-electron chi connectivity index (χ2n) is 4.98. The highest BCUT2D eigenvalue weighted by Gasteiger charge is 2.50. The highest BCUT2D eigenvalue weighted by molar-refractivity contribution is 6.07. The van der Waals surface area contributed by atoms with Crippen LogP contribution in [0.5, 0.6) is 0 Å². The van der Waals surface area contributed by atoms with Crippen LogP contribution in [0.25, 0.3) is 0 Å². The van der Waals surface area contributed by atoms with Crippen molar-refractivity contribution in [1.29, 1.82) is 0 Å². The monoisotopic (exact) mass is 238 g/mol. The van der Waals surface area contributed by atoms with E-state index in [0.717, 1.165) is 32.1 Å². The first-order valence-corrected chi connectivity index (χ1v) is 6.19. The van der Waals surface area contributed by atoms with Crippen LogP contribution in [0.3, 0.4) is 0 Å². The Morgan fingerprint density at radius 3 is 2.53 bits per heavy atom. The smallest absolute Gasteiger partial charge is 0.323 e. The molecular weight excluding hydrogens is 220 g/mol. The molecule has 2 rings (SSSR count). The molecular formula is C12H18N2O3. The van der Waals surface area contributed by atoms with Crippen LogP contribution in [-0.4, -0.2) is 34.7 Å². The molecule has 0 unspecified atom stereocenters. The van der Waals surface area contributed by atoms with Crippen molar-refractivity contribution in [3.63, 3.8) is 0 Å². The maximum Gasteiger partial charge on any atom is 0.325 e. The summed E-state index contributed by atoms with van der Waals surface area (Å²) in [6.07, 6.45) is 4.79. The van der Waals surface area contributed by atoms with Gasteiger partial charge in [-0.25, -0.2) is 4.79 Å². The molecule has 3 amide bonds.